The van der Waals surface area contributed by atoms with Gasteiger partial charge in [-0.15, -0.1) is 0 Å². The number of carbonyl (C=O) groups excluding carboxylic acids is 1. The van der Waals surface area contributed by atoms with Crippen molar-refractivity contribution >= 4 is 23.2 Å². The minimum absolute atomic E-state index is 0.140. The van der Waals surface area contributed by atoms with Gasteiger partial charge in [-0.25, -0.2) is 4.68 Å². The summed E-state index contributed by atoms with van der Waals surface area (Å²) >= 11 is 6.54. The Morgan fingerprint density at radius 3 is 2.38 bits per heavy atom. The fraction of sp³-hybridized carbons (Fsp3) is 0.615. The Balaban J connectivity index is 1.81. The maximum atomic E-state index is 13.3. The number of anilines is 1. The van der Waals surface area contributed by atoms with E-state index in [0.717, 1.165) is 41.9 Å². The lowest BCUT2D eigenvalue weighted by molar-refractivity contribution is 0.0950. The molecule has 1 aliphatic rings. The van der Waals surface area contributed by atoms with Crippen LogP contribution in [-0.4, -0.2) is 60.4 Å². The highest BCUT2D eigenvalue weighted by Crippen LogP contribution is 2.34. The molecule has 1 heterocycles. The third-order valence-electron chi connectivity index (χ3n) is 7.20. The monoisotopic (exact) mass is 489 g/mol. The number of methoxy groups -OCH3 is 1. The molecule has 188 valence electrons. The standard InChI is InChI=1S/C26H40ClN5O2/c1-8-31(21-12-10-20(11-13-21)30(5)6)24-15-19(27)14-22(17(24)3)25(33)28-16-23-18(4)29-32(9-2)26(23)34-7/h14-15,20-21H,8-13,16H2,1-7H3,(H,28,33). The van der Waals surface area contributed by atoms with Crippen LogP contribution in [0.15, 0.2) is 12.1 Å². The fourth-order valence-electron chi connectivity index (χ4n) is 5.22. The Labute approximate surface area is 209 Å². The summed E-state index contributed by atoms with van der Waals surface area (Å²) in [4.78, 5) is 18.0. The van der Waals surface area contributed by atoms with Gasteiger partial charge in [-0.1, -0.05) is 11.6 Å². The summed E-state index contributed by atoms with van der Waals surface area (Å²) in [6, 6.07) is 4.88. The molecule has 0 aliphatic heterocycles. The summed E-state index contributed by atoms with van der Waals surface area (Å²) in [6.07, 6.45) is 4.66. The van der Waals surface area contributed by atoms with Crippen LogP contribution in [0.3, 0.4) is 0 Å². The number of nitrogens with one attached hydrogen (secondary N) is 1. The second kappa shape index (κ2) is 11.5. The van der Waals surface area contributed by atoms with Crippen LogP contribution in [-0.2, 0) is 13.1 Å². The number of amides is 1. The minimum atomic E-state index is -0.140. The van der Waals surface area contributed by atoms with Crippen molar-refractivity contribution in [1.29, 1.82) is 0 Å². The topological polar surface area (TPSA) is 62.6 Å². The molecule has 1 aliphatic carbocycles. The Kier molecular flexibility index (Phi) is 8.88. The molecule has 0 unspecified atom stereocenters. The number of aromatic nitrogens is 2. The smallest absolute Gasteiger partial charge is 0.251 e. The van der Waals surface area contributed by atoms with E-state index < -0.39 is 0 Å². The van der Waals surface area contributed by atoms with E-state index in [0.29, 0.717) is 41.6 Å². The van der Waals surface area contributed by atoms with Crippen LogP contribution in [0.5, 0.6) is 5.88 Å². The van der Waals surface area contributed by atoms with E-state index in [1.54, 1.807) is 13.2 Å². The highest BCUT2D eigenvalue weighted by molar-refractivity contribution is 6.31. The van der Waals surface area contributed by atoms with Crippen LogP contribution in [0, 0.1) is 13.8 Å². The molecule has 1 aromatic carbocycles. The summed E-state index contributed by atoms with van der Waals surface area (Å²) < 4.78 is 7.35. The number of halogens is 1. The van der Waals surface area contributed by atoms with Crippen LogP contribution in [0.2, 0.25) is 5.02 Å². The largest absolute Gasteiger partial charge is 0.481 e. The first kappa shape index (κ1) is 26.4. The van der Waals surface area contributed by atoms with E-state index in [1.165, 1.54) is 12.8 Å². The molecule has 0 atom stereocenters. The molecule has 1 aromatic heterocycles. The number of hydrogen-bond donors (Lipinski definition) is 1. The van der Waals surface area contributed by atoms with Gasteiger partial charge in [0, 0.05) is 41.4 Å². The molecule has 0 spiro atoms. The van der Waals surface area contributed by atoms with E-state index in [2.05, 4.69) is 41.2 Å². The Morgan fingerprint density at radius 1 is 1.18 bits per heavy atom. The number of benzene rings is 1. The predicted molar refractivity (Wildman–Crippen MR) is 139 cm³/mol. The maximum absolute atomic E-state index is 13.3. The first-order chi connectivity index (χ1) is 16.2. The van der Waals surface area contributed by atoms with Gasteiger partial charge in [0.2, 0.25) is 5.88 Å². The van der Waals surface area contributed by atoms with Crippen molar-refractivity contribution in [3.63, 3.8) is 0 Å². The first-order valence-electron chi connectivity index (χ1n) is 12.3. The average molecular weight is 490 g/mol. The number of aryl methyl sites for hydroxylation is 2. The highest BCUT2D eigenvalue weighted by Gasteiger charge is 2.28. The van der Waals surface area contributed by atoms with Gasteiger partial charge in [0.1, 0.15) is 0 Å². The number of nitrogens with zero attached hydrogens (tertiary/aromatic N) is 4. The third kappa shape index (κ3) is 5.52. The summed E-state index contributed by atoms with van der Waals surface area (Å²) in [5.74, 6) is 0.550. The summed E-state index contributed by atoms with van der Waals surface area (Å²) in [5.41, 5.74) is 4.38. The van der Waals surface area contributed by atoms with Crippen molar-refractivity contribution in [3.05, 3.63) is 39.5 Å². The van der Waals surface area contributed by atoms with Crippen molar-refractivity contribution in [2.45, 2.75) is 78.6 Å². The Bertz CT molecular complexity index is 996. The lowest BCUT2D eigenvalue weighted by atomic mass is 9.89. The maximum Gasteiger partial charge on any atom is 0.251 e. The molecule has 1 amide bonds. The highest BCUT2D eigenvalue weighted by atomic mass is 35.5. The molecule has 2 aromatic rings. The van der Waals surface area contributed by atoms with Crippen molar-refractivity contribution in [2.24, 2.45) is 0 Å². The van der Waals surface area contributed by atoms with Gasteiger partial charge in [0.25, 0.3) is 5.91 Å². The van der Waals surface area contributed by atoms with Crippen molar-refractivity contribution in [1.82, 2.24) is 20.0 Å². The van der Waals surface area contributed by atoms with Gasteiger partial charge in [0.15, 0.2) is 0 Å². The third-order valence-corrected chi connectivity index (χ3v) is 7.41. The van der Waals surface area contributed by atoms with Gasteiger partial charge in [0.05, 0.1) is 24.9 Å². The summed E-state index contributed by atoms with van der Waals surface area (Å²) in [5, 5.41) is 8.15. The van der Waals surface area contributed by atoms with Crippen LogP contribution in [0.1, 0.15) is 66.7 Å². The quantitative estimate of drug-likeness (QED) is 0.547. The van der Waals surface area contributed by atoms with E-state index in [-0.39, 0.29) is 5.91 Å². The zero-order chi connectivity index (χ0) is 25.0. The van der Waals surface area contributed by atoms with Crippen molar-refractivity contribution in [3.8, 4) is 5.88 Å². The Hall–Kier alpha value is -2.25. The van der Waals surface area contributed by atoms with Gasteiger partial charge < -0.3 is 19.9 Å². The number of rotatable bonds is 9. The van der Waals surface area contributed by atoms with Crippen LogP contribution in [0.4, 0.5) is 5.69 Å². The van der Waals surface area contributed by atoms with E-state index >= 15 is 0 Å². The zero-order valence-corrected chi connectivity index (χ0v) is 22.5. The minimum Gasteiger partial charge on any atom is -0.481 e. The lowest BCUT2D eigenvalue weighted by Crippen LogP contribution is -2.42. The van der Waals surface area contributed by atoms with E-state index in [9.17, 15) is 4.79 Å². The molecule has 1 saturated carbocycles. The van der Waals surface area contributed by atoms with Crippen molar-refractivity contribution in [2.75, 3.05) is 32.6 Å². The molecule has 3 rings (SSSR count). The molecule has 1 N–H and O–H groups in total. The number of hydrogen-bond acceptors (Lipinski definition) is 5. The summed E-state index contributed by atoms with van der Waals surface area (Å²) in [7, 11) is 5.96. The molecule has 0 saturated heterocycles. The Morgan fingerprint density at radius 2 is 1.82 bits per heavy atom. The van der Waals surface area contributed by atoms with Gasteiger partial charge >= 0.3 is 0 Å². The van der Waals surface area contributed by atoms with Crippen LogP contribution in [0.25, 0.3) is 0 Å². The van der Waals surface area contributed by atoms with Gasteiger partial charge in [-0.2, -0.15) is 5.10 Å². The second-order valence-electron chi connectivity index (χ2n) is 9.38. The molecule has 8 heteroatoms. The second-order valence-corrected chi connectivity index (χ2v) is 9.82. The zero-order valence-electron chi connectivity index (χ0n) is 21.7. The first-order valence-corrected chi connectivity index (χ1v) is 12.7. The fourth-order valence-corrected chi connectivity index (χ4v) is 5.43. The summed E-state index contributed by atoms with van der Waals surface area (Å²) in [6.45, 7) is 10.1. The molecular formula is C26H40ClN5O2. The SMILES string of the molecule is CCN(c1cc(Cl)cc(C(=O)NCc2c(C)nn(CC)c2OC)c1C)C1CCC(N(C)C)CC1. The van der Waals surface area contributed by atoms with Crippen molar-refractivity contribution < 1.29 is 9.53 Å². The van der Waals surface area contributed by atoms with Crippen LogP contribution < -0.4 is 15.0 Å². The van der Waals surface area contributed by atoms with E-state index in [4.69, 9.17) is 16.3 Å². The average Bonchev–Trinajstić information content (AvgIpc) is 3.14. The molecule has 34 heavy (non-hydrogen) atoms. The molecular weight excluding hydrogens is 450 g/mol. The molecule has 1 fully saturated rings. The normalized spacial score (nSPS) is 18.3. The molecule has 0 radical (unpaired) electrons. The van der Waals surface area contributed by atoms with Crippen LogP contribution >= 0.6 is 11.6 Å². The molecule has 0 bridgehead atoms. The van der Waals surface area contributed by atoms with E-state index in [1.807, 2.05) is 31.5 Å². The lowest BCUT2D eigenvalue weighted by Gasteiger charge is -2.40. The number of ether oxygens (including phenoxy) is 1. The molecule has 7 nitrogen and oxygen atoms in total. The number of carbonyl (C=O) groups is 1. The van der Waals surface area contributed by atoms with Gasteiger partial charge in [-0.3, -0.25) is 4.79 Å². The van der Waals surface area contributed by atoms with Gasteiger partial charge in [-0.05, 0) is 85.2 Å². The predicted octanol–water partition coefficient (Wildman–Crippen LogP) is 4.81.